The number of nitrogens with zero attached hydrogens (tertiary/aromatic N) is 2. The zero-order valence-corrected chi connectivity index (χ0v) is 10.8. The number of fused-ring (bicyclic) bond motifs is 1. The lowest BCUT2D eigenvalue weighted by Crippen LogP contribution is -2.49. The van der Waals surface area contributed by atoms with Crippen LogP contribution >= 0.6 is 0 Å². The second-order valence-electron chi connectivity index (χ2n) is 5.05. The van der Waals surface area contributed by atoms with Crippen molar-refractivity contribution in [3.8, 4) is 0 Å². The molecule has 0 amide bonds. The second kappa shape index (κ2) is 5.04. The van der Waals surface area contributed by atoms with E-state index in [0.717, 1.165) is 31.7 Å². The topological polar surface area (TPSA) is 28.2 Å². The third-order valence-electron chi connectivity index (χ3n) is 3.69. The van der Waals surface area contributed by atoms with Crippen molar-refractivity contribution in [2.75, 3.05) is 19.6 Å². The maximum atomic E-state index is 4.36. The van der Waals surface area contributed by atoms with Crippen LogP contribution in [0.4, 0.5) is 0 Å². The number of nitrogens with one attached hydrogen (secondary N) is 1. The van der Waals surface area contributed by atoms with E-state index in [9.17, 15) is 0 Å². The third kappa shape index (κ3) is 2.37. The lowest BCUT2D eigenvalue weighted by molar-refractivity contribution is 0.165. The molecule has 3 heteroatoms. The summed E-state index contributed by atoms with van der Waals surface area (Å²) in [6, 6.07) is 11.3. The molecule has 1 atom stereocenters. The summed E-state index contributed by atoms with van der Waals surface area (Å²) in [5.74, 6) is 0. The number of hydrogen-bond donors (Lipinski definition) is 1. The van der Waals surface area contributed by atoms with E-state index in [0.29, 0.717) is 6.04 Å². The van der Waals surface area contributed by atoms with E-state index in [-0.39, 0.29) is 0 Å². The molecule has 3 nitrogen and oxygen atoms in total. The summed E-state index contributed by atoms with van der Waals surface area (Å²) in [5, 5.41) is 4.66. The number of benzene rings is 1. The molecular weight excluding hydrogens is 222 g/mol. The average Bonchev–Trinajstić information content (AvgIpc) is 2.41. The number of hydrogen-bond acceptors (Lipinski definition) is 3. The number of rotatable bonds is 2. The largest absolute Gasteiger partial charge is 0.314 e. The Bertz CT molecular complexity index is 538. The van der Waals surface area contributed by atoms with Gasteiger partial charge >= 0.3 is 0 Å². The Kier molecular flexibility index (Phi) is 3.26. The first-order valence-electron chi connectivity index (χ1n) is 6.61. The summed E-state index contributed by atoms with van der Waals surface area (Å²) in [6.07, 6.45) is 1.85. The lowest BCUT2D eigenvalue weighted by Gasteiger charge is -2.33. The van der Waals surface area contributed by atoms with Crippen LogP contribution in [0.5, 0.6) is 0 Å². The molecule has 1 aliphatic heterocycles. The summed E-state index contributed by atoms with van der Waals surface area (Å²) in [4.78, 5) is 6.90. The van der Waals surface area contributed by atoms with Gasteiger partial charge in [0.1, 0.15) is 0 Å². The van der Waals surface area contributed by atoms with Crippen LogP contribution in [0, 0.1) is 0 Å². The van der Waals surface area contributed by atoms with Crippen LogP contribution in [0.25, 0.3) is 10.9 Å². The predicted molar refractivity (Wildman–Crippen MR) is 74.5 cm³/mol. The summed E-state index contributed by atoms with van der Waals surface area (Å²) in [7, 11) is 0. The molecule has 1 N–H and O–H groups in total. The molecule has 0 unspecified atom stereocenters. The lowest BCUT2D eigenvalue weighted by atomic mass is 10.1. The Morgan fingerprint density at radius 2 is 2.33 bits per heavy atom. The van der Waals surface area contributed by atoms with Gasteiger partial charge < -0.3 is 5.32 Å². The maximum absolute atomic E-state index is 4.36. The van der Waals surface area contributed by atoms with Gasteiger partial charge in [-0.1, -0.05) is 12.1 Å². The van der Waals surface area contributed by atoms with Crippen molar-refractivity contribution in [3.63, 3.8) is 0 Å². The van der Waals surface area contributed by atoms with Gasteiger partial charge in [0.05, 0.1) is 5.52 Å². The van der Waals surface area contributed by atoms with Gasteiger partial charge in [-0.05, 0) is 30.7 Å². The average molecular weight is 241 g/mol. The van der Waals surface area contributed by atoms with Gasteiger partial charge in [-0.25, -0.2) is 0 Å². The molecule has 18 heavy (non-hydrogen) atoms. The van der Waals surface area contributed by atoms with Gasteiger partial charge in [-0.15, -0.1) is 0 Å². The molecule has 0 saturated carbocycles. The van der Waals surface area contributed by atoms with Crippen molar-refractivity contribution in [2.24, 2.45) is 0 Å². The van der Waals surface area contributed by atoms with Gasteiger partial charge in [0.2, 0.25) is 0 Å². The van der Waals surface area contributed by atoms with Crippen molar-refractivity contribution in [3.05, 3.63) is 42.1 Å². The highest BCUT2D eigenvalue weighted by Crippen LogP contribution is 2.16. The Hall–Kier alpha value is -1.45. The van der Waals surface area contributed by atoms with Crippen molar-refractivity contribution in [1.82, 2.24) is 15.2 Å². The monoisotopic (exact) mass is 241 g/mol. The fourth-order valence-corrected chi connectivity index (χ4v) is 2.58. The first kappa shape index (κ1) is 11.6. The van der Waals surface area contributed by atoms with Crippen LogP contribution < -0.4 is 5.32 Å². The Morgan fingerprint density at radius 1 is 1.39 bits per heavy atom. The predicted octanol–water partition coefficient (Wildman–Crippen LogP) is 2.03. The van der Waals surface area contributed by atoms with Gasteiger partial charge in [0.25, 0.3) is 0 Å². The molecule has 94 valence electrons. The molecule has 0 aliphatic carbocycles. The van der Waals surface area contributed by atoms with Crippen LogP contribution in [-0.4, -0.2) is 35.6 Å². The van der Waals surface area contributed by atoms with Gasteiger partial charge in [-0.2, -0.15) is 0 Å². The first-order chi connectivity index (χ1) is 8.83. The molecule has 1 fully saturated rings. The van der Waals surface area contributed by atoms with Crippen molar-refractivity contribution >= 4 is 10.9 Å². The smallest absolute Gasteiger partial charge is 0.0702 e. The molecule has 0 bridgehead atoms. The molecule has 0 radical (unpaired) electrons. The molecule has 0 spiro atoms. The van der Waals surface area contributed by atoms with E-state index in [2.05, 4.69) is 46.4 Å². The Balaban J connectivity index is 1.81. The van der Waals surface area contributed by atoms with Crippen LogP contribution in [0.3, 0.4) is 0 Å². The summed E-state index contributed by atoms with van der Waals surface area (Å²) >= 11 is 0. The second-order valence-corrected chi connectivity index (χ2v) is 5.05. The molecule has 1 saturated heterocycles. The fraction of sp³-hybridized carbons (Fsp3) is 0.400. The Labute approximate surface area is 108 Å². The van der Waals surface area contributed by atoms with Crippen molar-refractivity contribution in [2.45, 2.75) is 19.5 Å². The summed E-state index contributed by atoms with van der Waals surface area (Å²) in [5.41, 5.74) is 2.46. The minimum atomic E-state index is 0.614. The fourth-order valence-electron chi connectivity index (χ4n) is 2.58. The van der Waals surface area contributed by atoms with Gasteiger partial charge in [0.15, 0.2) is 0 Å². The van der Waals surface area contributed by atoms with Crippen molar-refractivity contribution < 1.29 is 0 Å². The van der Waals surface area contributed by atoms with E-state index >= 15 is 0 Å². The highest BCUT2D eigenvalue weighted by molar-refractivity contribution is 5.78. The van der Waals surface area contributed by atoms with Crippen LogP contribution in [0.1, 0.15) is 12.5 Å². The minimum Gasteiger partial charge on any atom is -0.314 e. The van der Waals surface area contributed by atoms with Crippen LogP contribution in [0.15, 0.2) is 36.5 Å². The molecule has 2 heterocycles. The molecule has 3 rings (SSSR count). The highest BCUT2D eigenvalue weighted by Gasteiger charge is 2.17. The Morgan fingerprint density at radius 3 is 3.22 bits per heavy atom. The summed E-state index contributed by atoms with van der Waals surface area (Å²) in [6.45, 7) is 6.64. The van der Waals surface area contributed by atoms with E-state index in [1.807, 2.05) is 12.3 Å². The standard InChI is InChI=1S/C15H19N3/c1-12-10-16-7-8-18(12)11-13-4-5-15-14(9-13)3-2-6-17-15/h2-6,9,12,16H,7-8,10-11H2,1H3/t12-/m0/s1. The maximum Gasteiger partial charge on any atom is 0.0702 e. The third-order valence-corrected chi connectivity index (χ3v) is 3.69. The molecule has 1 aromatic carbocycles. The SMILES string of the molecule is C[C@H]1CNCCN1Cc1ccc2ncccc2c1. The zero-order valence-electron chi connectivity index (χ0n) is 10.8. The van der Waals surface area contributed by atoms with Crippen molar-refractivity contribution in [1.29, 1.82) is 0 Å². The quantitative estimate of drug-likeness (QED) is 0.872. The van der Waals surface area contributed by atoms with E-state index in [1.165, 1.54) is 10.9 Å². The van der Waals surface area contributed by atoms with Crippen LogP contribution in [0.2, 0.25) is 0 Å². The minimum absolute atomic E-state index is 0.614. The molecule has 2 aromatic rings. The highest BCUT2D eigenvalue weighted by atomic mass is 15.2. The number of aromatic nitrogens is 1. The van der Waals surface area contributed by atoms with E-state index < -0.39 is 0 Å². The van der Waals surface area contributed by atoms with E-state index in [1.54, 1.807) is 0 Å². The number of piperazine rings is 1. The molecule has 1 aliphatic rings. The van der Waals surface area contributed by atoms with E-state index in [4.69, 9.17) is 0 Å². The molecular formula is C15H19N3. The van der Waals surface area contributed by atoms with Gasteiger partial charge in [0, 0.05) is 43.8 Å². The zero-order chi connectivity index (χ0) is 12.4. The van der Waals surface area contributed by atoms with Gasteiger partial charge in [-0.3, -0.25) is 9.88 Å². The number of pyridine rings is 1. The summed E-state index contributed by atoms with van der Waals surface area (Å²) < 4.78 is 0. The first-order valence-corrected chi connectivity index (χ1v) is 6.61. The van der Waals surface area contributed by atoms with Crippen LogP contribution in [-0.2, 0) is 6.54 Å². The normalized spacial score (nSPS) is 21.3. The molecule has 1 aromatic heterocycles.